The summed E-state index contributed by atoms with van der Waals surface area (Å²) < 4.78 is 5.16. The number of carboxylic acids is 1. The zero-order chi connectivity index (χ0) is 29.8. The van der Waals surface area contributed by atoms with E-state index in [0.717, 1.165) is 4.90 Å². The molecular weight excluding hydrogens is 526 g/mol. The zero-order valence-electron chi connectivity index (χ0n) is 22.8. The van der Waals surface area contributed by atoms with Gasteiger partial charge in [-0.05, 0) is 41.7 Å². The number of hydrogen-bond acceptors (Lipinski definition) is 7. The number of hydrogen-bond donors (Lipinski definition) is 5. The van der Waals surface area contributed by atoms with E-state index in [2.05, 4.69) is 10.3 Å². The van der Waals surface area contributed by atoms with Crippen molar-refractivity contribution in [2.24, 2.45) is 16.5 Å². The van der Waals surface area contributed by atoms with E-state index < -0.39 is 36.3 Å². The van der Waals surface area contributed by atoms with Gasteiger partial charge in [0.15, 0.2) is 17.5 Å². The second kappa shape index (κ2) is 15.0. The number of nitrogens with one attached hydrogen (secondary N) is 1. The van der Waals surface area contributed by atoms with E-state index >= 15 is 0 Å². The number of amides is 2. The Bertz CT molecular complexity index is 1310. The average molecular weight is 562 g/mol. The summed E-state index contributed by atoms with van der Waals surface area (Å²) in [5.74, 6) is -3.43. The van der Waals surface area contributed by atoms with Gasteiger partial charge in [-0.15, -0.1) is 0 Å². The highest BCUT2D eigenvalue weighted by Crippen LogP contribution is 2.28. The minimum atomic E-state index is -1.32. The number of ether oxygens (including phenoxy) is 1. The lowest BCUT2D eigenvalue weighted by molar-refractivity contribution is -0.154. The summed E-state index contributed by atoms with van der Waals surface area (Å²) in [4.78, 5) is 44.7. The van der Waals surface area contributed by atoms with Crippen molar-refractivity contribution in [1.82, 2.24) is 10.2 Å². The van der Waals surface area contributed by atoms with E-state index in [1.165, 1.54) is 13.2 Å². The van der Waals surface area contributed by atoms with E-state index in [0.29, 0.717) is 23.1 Å². The normalized spacial score (nSPS) is 11.5. The third-order valence-electron chi connectivity index (χ3n) is 6.38. The minimum absolute atomic E-state index is 0.0350. The van der Waals surface area contributed by atoms with Gasteiger partial charge in [0.2, 0.25) is 11.8 Å². The topological polar surface area (TPSA) is 181 Å². The molecule has 41 heavy (non-hydrogen) atoms. The lowest BCUT2D eigenvalue weighted by Gasteiger charge is -2.29. The number of phenols is 1. The van der Waals surface area contributed by atoms with Gasteiger partial charge >= 0.3 is 5.97 Å². The van der Waals surface area contributed by atoms with Crippen molar-refractivity contribution in [3.63, 3.8) is 0 Å². The molecule has 11 heteroatoms. The average Bonchev–Trinajstić information content (AvgIpc) is 2.97. The van der Waals surface area contributed by atoms with Crippen molar-refractivity contribution >= 4 is 23.7 Å². The lowest BCUT2D eigenvalue weighted by atomic mass is 9.89. The fourth-order valence-electron chi connectivity index (χ4n) is 4.40. The third-order valence-corrected chi connectivity index (χ3v) is 6.38. The van der Waals surface area contributed by atoms with Gasteiger partial charge in [0.25, 0.3) is 0 Å². The number of guanidine groups is 1. The van der Waals surface area contributed by atoms with Crippen LogP contribution in [-0.4, -0.2) is 65.1 Å². The number of aliphatic imine (C=N–C) groups is 1. The minimum Gasteiger partial charge on any atom is -0.504 e. The van der Waals surface area contributed by atoms with E-state index in [4.69, 9.17) is 16.2 Å². The number of carboxylic acid groups (broad SMARTS) is 1. The van der Waals surface area contributed by atoms with Crippen LogP contribution in [0.5, 0.6) is 11.5 Å². The molecule has 11 nitrogen and oxygen atoms in total. The second-order valence-electron chi connectivity index (χ2n) is 9.30. The van der Waals surface area contributed by atoms with Gasteiger partial charge in [0, 0.05) is 13.1 Å². The molecule has 2 amide bonds. The molecule has 216 valence electrons. The molecule has 3 aromatic rings. The molecule has 0 saturated heterocycles. The third kappa shape index (κ3) is 8.80. The number of imide groups is 1. The molecule has 7 N–H and O–H groups in total. The summed E-state index contributed by atoms with van der Waals surface area (Å²) in [6.45, 7) is -0.400. The quantitative estimate of drug-likeness (QED) is 0.112. The first-order valence-electron chi connectivity index (χ1n) is 13.0. The van der Waals surface area contributed by atoms with Crippen LogP contribution in [0, 0.1) is 0 Å². The number of methoxy groups -OCH3 is 1. The highest BCUT2D eigenvalue weighted by Gasteiger charge is 2.35. The number of carbonyl (C=O) groups is 3. The maximum absolute atomic E-state index is 14.1. The molecule has 0 aromatic heterocycles. The molecule has 0 aliphatic carbocycles. The predicted molar refractivity (Wildman–Crippen MR) is 154 cm³/mol. The van der Waals surface area contributed by atoms with Crippen LogP contribution in [0.4, 0.5) is 0 Å². The van der Waals surface area contributed by atoms with Gasteiger partial charge in [-0.1, -0.05) is 66.7 Å². The van der Waals surface area contributed by atoms with Crippen LogP contribution in [0.25, 0.3) is 0 Å². The first-order chi connectivity index (χ1) is 19.7. The summed E-state index contributed by atoms with van der Waals surface area (Å²) >= 11 is 0. The van der Waals surface area contributed by atoms with Crippen molar-refractivity contribution in [2.75, 3.05) is 20.2 Å². The molecule has 0 saturated carbocycles. The van der Waals surface area contributed by atoms with Gasteiger partial charge in [0.1, 0.15) is 6.54 Å². The second-order valence-corrected chi connectivity index (χ2v) is 9.30. The molecule has 0 aliphatic heterocycles. The summed E-state index contributed by atoms with van der Waals surface area (Å²) in [6, 6.07) is 21.6. The number of aliphatic carboxylic acids is 1. The Hall–Kier alpha value is -4.90. The summed E-state index contributed by atoms with van der Waals surface area (Å²) in [6.07, 6.45) is 0.603. The Morgan fingerprint density at radius 2 is 1.56 bits per heavy atom. The fraction of sp³-hybridized carbons (Fsp3) is 0.267. The molecule has 0 heterocycles. The van der Waals surface area contributed by atoms with E-state index in [-0.39, 0.29) is 37.0 Å². The largest absolute Gasteiger partial charge is 0.504 e. The van der Waals surface area contributed by atoms with Crippen molar-refractivity contribution in [3.05, 3.63) is 95.6 Å². The number of phenolic OH excluding ortho intramolecular Hbond substituents is 1. The number of aromatic hydroxyl groups is 1. The number of nitrogens with zero attached hydrogens (tertiary/aromatic N) is 2. The molecule has 3 aromatic carbocycles. The predicted octanol–water partition coefficient (Wildman–Crippen LogP) is 2.18. The van der Waals surface area contributed by atoms with E-state index in [1.54, 1.807) is 60.7 Å². The molecule has 0 unspecified atom stereocenters. The number of benzene rings is 3. The molecule has 0 aliphatic rings. The van der Waals surface area contributed by atoms with Crippen LogP contribution in [0.2, 0.25) is 0 Å². The summed E-state index contributed by atoms with van der Waals surface area (Å²) in [5.41, 5.74) is 12.8. The summed E-state index contributed by atoms with van der Waals surface area (Å²) in [5, 5.41) is 22.8. The van der Waals surface area contributed by atoms with Crippen LogP contribution in [-0.2, 0) is 20.9 Å². The monoisotopic (exact) mass is 561 g/mol. The number of nitrogens with two attached hydrogens (primary N) is 2. The molecule has 1 atom stereocenters. The Balaban J connectivity index is 1.94. The smallest absolute Gasteiger partial charge is 0.323 e. The molecule has 3 rings (SSSR count). The van der Waals surface area contributed by atoms with Crippen LogP contribution in [0.15, 0.2) is 83.9 Å². The number of rotatable bonds is 14. The van der Waals surface area contributed by atoms with Crippen molar-refractivity contribution < 1.29 is 29.3 Å². The Morgan fingerprint density at radius 3 is 2.10 bits per heavy atom. The van der Waals surface area contributed by atoms with Crippen LogP contribution >= 0.6 is 0 Å². The van der Waals surface area contributed by atoms with Gasteiger partial charge in [-0.3, -0.25) is 24.3 Å². The van der Waals surface area contributed by atoms with Gasteiger partial charge in [0.05, 0.1) is 19.1 Å². The SMILES string of the molecule is COc1cc(CN[C@@H](CCCN=C(N)N)C(=O)N(CC(=O)O)C(=O)C(c2ccccc2)c2ccccc2)ccc1O. The van der Waals surface area contributed by atoms with E-state index in [9.17, 15) is 24.6 Å². The van der Waals surface area contributed by atoms with Gasteiger partial charge in [-0.25, -0.2) is 0 Å². The van der Waals surface area contributed by atoms with Crippen molar-refractivity contribution in [1.29, 1.82) is 0 Å². The van der Waals surface area contributed by atoms with Gasteiger partial charge in [-0.2, -0.15) is 0 Å². The number of carbonyl (C=O) groups excluding carboxylic acids is 2. The maximum atomic E-state index is 14.1. The maximum Gasteiger partial charge on any atom is 0.323 e. The molecule has 0 fully saturated rings. The van der Waals surface area contributed by atoms with Crippen molar-refractivity contribution in [3.8, 4) is 11.5 Å². The van der Waals surface area contributed by atoms with Crippen LogP contribution < -0.4 is 21.5 Å². The van der Waals surface area contributed by atoms with Crippen molar-refractivity contribution in [2.45, 2.75) is 31.3 Å². The first-order valence-corrected chi connectivity index (χ1v) is 13.0. The summed E-state index contributed by atoms with van der Waals surface area (Å²) in [7, 11) is 1.42. The Morgan fingerprint density at radius 1 is 0.951 bits per heavy atom. The lowest BCUT2D eigenvalue weighted by Crippen LogP contribution is -2.52. The van der Waals surface area contributed by atoms with E-state index in [1.807, 2.05) is 12.1 Å². The molecule has 0 bridgehead atoms. The first kappa shape index (κ1) is 30.6. The fourth-order valence-corrected chi connectivity index (χ4v) is 4.40. The molecule has 0 radical (unpaired) electrons. The highest BCUT2D eigenvalue weighted by atomic mass is 16.5. The standard InChI is InChI=1S/C30H35N5O6/c1-41-25-17-20(14-15-24(25)36)18-34-23(13-8-16-33-30(31)32)28(39)35(19-26(37)38)29(40)27(21-9-4-2-5-10-21)22-11-6-3-7-12-22/h2-7,9-12,14-15,17,23,27,34,36H,8,13,16,18-19H2,1H3,(H,37,38)(H4,31,32,33)/t23-/m0/s1. The van der Waals surface area contributed by atoms with Crippen LogP contribution in [0.1, 0.15) is 35.4 Å². The highest BCUT2D eigenvalue weighted by molar-refractivity contribution is 6.04. The zero-order valence-corrected chi connectivity index (χ0v) is 22.8. The van der Waals surface area contributed by atoms with Gasteiger partial charge < -0.3 is 31.7 Å². The Kier molecular flexibility index (Phi) is 11.2. The molecular formula is C30H35N5O6. The van der Waals surface area contributed by atoms with Crippen LogP contribution in [0.3, 0.4) is 0 Å². The molecule has 0 spiro atoms. The Labute approximate surface area is 238 Å².